The number of carbonyl (C=O) groups is 1. The Balaban J connectivity index is 2.05. The maximum absolute atomic E-state index is 13.1. The number of halogens is 1. The Morgan fingerprint density at radius 1 is 1.22 bits per heavy atom. The summed E-state index contributed by atoms with van der Waals surface area (Å²) in [6.45, 7) is 3.97. The molecule has 1 amide bonds. The second-order valence-corrected chi connectivity index (χ2v) is 7.52. The van der Waals surface area contributed by atoms with Gasteiger partial charge in [-0.1, -0.05) is 54.6 Å². The third kappa shape index (κ3) is 4.34. The minimum absolute atomic E-state index is 0.0949. The zero-order valence-electron chi connectivity index (χ0n) is 15.1. The third-order valence-electron chi connectivity index (χ3n) is 4.19. The SMILES string of the molecule is CCC(C)NC(=O)CSc1nc2ccccc2c(=O)n1-c1ccccc1Cl. The van der Waals surface area contributed by atoms with Crippen LogP contribution in [0.5, 0.6) is 0 Å². The number of carbonyl (C=O) groups excluding carboxylic acids is 1. The normalized spacial score (nSPS) is 12.1. The van der Waals surface area contributed by atoms with Crippen molar-refractivity contribution in [2.24, 2.45) is 0 Å². The van der Waals surface area contributed by atoms with E-state index in [9.17, 15) is 9.59 Å². The molecule has 2 aromatic carbocycles. The van der Waals surface area contributed by atoms with E-state index < -0.39 is 0 Å². The zero-order chi connectivity index (χ0) is 19.4. The molecule has 1 N–H and O–H groups in total. The highest BCUT2D eigenvalue weighted by Crippen LogP contribution is 2.25. The van der Waals surface area contributed by atoms with Crippen LogP contribution in [0.3, 0.4) is 0 Å². The first kappa shape index (κ1) is 19.5. The molecule has 1 unspecified atom stereocenters. The van der Waals surface area contributed by atoms with Crippen LogP contribution in [-0.4, -0.2) is 27.3 Å². The third-order valence-corrected chi connectivity index (χ3v) is 5.45. The molecule has 7 heteroatoms. The van der Waals surface area contributed by atoms with Crippen LogP contribution in [0.1, 0.15) is 20.3 Å². The number of nitrogens with zero attached hydrogens (tertiary/aromatic N) is 2. The van der Waals surface area contributed by atoms with Gasteiger partial charge in [0.25, 0.3) is 5.56 Å². The highest BCUT2D eigenvalue weighted by atomic mass is 35.5. The maximum Gasteiger partial charge on any atom is 0.266 e. The fourth-order valence-electron chi connectivity index (χ4n) is 2.60. The molecular formula is C20H20ClN3O2S. The van der Waals surface area contributed by atoms with E-state index in [1.54, 1.807) is 36.4 Å². The number of hydrogen-bond donors (Lipinski definition) is 1. The van der Waals surface area contributed by atoms with Gasteiger partial charge in [0.15, 0.2) is 5.16 Å². The van der Waals surface area contributed by atoms with Gasteiger partial charge in [0.1, 0.15) is 0 Å². The first-order chi connectivity index (χ1) is 13.0. The number of rotatable bonds is 6. The van der Waals surface area contributed by atoms with Crippen LogP contribution in [-0.2, 0) is 4.79 Å². The summed E-state index contributed by atoms with van der Waals surface area (Å²) in [5.74, 6) is 0.0713. The number of hydrogen-bond acceptors (Lipinski definition) is 4. The quantitative estimate of drug-likeness (QED) is 0.500. The van der Waals surface area contributed by atoms with Crippen molar-refractivity contribution in [3.63, 3.8) is 0 Å². The Morgan fingerprint density at radius 2 is 1.93 bits per heavy atom. The van der Waals surface area contributed by atoms with Gasteiger partial charge in [-0.05, 0) is 37.6 Å². The molecular weight excluding hydrogens is 382 g/mol. The lowest BCUT2D eigenvalue weighted by molar-refractivity contribution is -0.119. The Kier molecular flexibility index (Phi) is 6.19. The van der Waals surface area contributed by atoms with Gasteiger partial charge in [-0.2, -0.15) is 0 Å². The van der Waals surface area contributed by atoms with Gasteiger partial charge in [0.05, 0.1) is 27.4 Å². The monoisotopic (exact) mass is 401 g/mol. The van der Waals surface area contributed by atoms with Crippen molar-refractivity contribution in [2.75, 3.05) is 5.75 Å². The molecule has 0 bridgehead atoms. The van der Waals surface area contributed by atoms with Crippen LogP contribution in [0.15, 0.2) is 58.5 Å². The van der Waals surface area contributed by atoms with E-state index in [1.807, 2.05) is 26.0 Å². The fourth-order valence-corrected chi connectivity index (χ4v) is 3.64. The molecule has 3 rings (SSSR count). The smallest absolute Gasteiger partial charge is 0.266 e. The lowest BCUT2D eigenvalue weighted by Gasteiger charge is -2.15. The number of amides is 1. The summed E-state index contributed by atoms with van der Waals surface area (Å²) in [6.07, 6.45) is 0.856. The largest absolute Gasteiger partial charge is 0.353 e. The molecule has 1 heterocycles. The van der Waals surface area contributed by atoms with Gasteiger partial charge in [0, 0.05) is 6.04 Å². The van der Waals surface area contributed by atoms with Crippen molar-refractivity contribution >= 4 is 40.2 Å². The number of aromatic nitrogens is 2. The van der Waals surface area contributed by atoms with E-state index in [-0.39, 0.29) is 23.3 Å². The van der Waals surface area contributed by atoms with Crippen LogP contribution in [0.2, 0.25) is 5.02 Å². The summed E-state index contributed by atoms with van der Waals surface area (Å²) in [5, 5.41) is 4.31. The fraction of sp³-hybridized carbons (Fsp3) is 0.250. The lowest BCUT2D eigenvalue weighted by atomic mass is 10.2. The second-order valence-electron chi connectivity index (χ2n) is 6.17. The van der Waals surface area contributed by atoms with Gasteiger partial charge in [-0.25, -0.2) is 4.98 Å². The predicted octanol–water partition coefficient (Wildman–Crippen LogP) is 4.05. The van der Waals surface area contributed by atoms with Crippen molar-refractivity contribution in [3.05, 3.63) is 63.9 Å². The standard InChI is InChI=1S/C20H20ClN3O2S/c1-3-13(2)22-18(25)12-27-20-23-16-10-6-4-8-14(16)19(26)24(20)17-11-7-5-9-15(17)21/h4-11,13H,3,12H2,1-2H3,(H,22,25). The van der Waals surface area contributed by atoms with Gasteiger partial charge in [-0.3, -0.25) is 14.2 Å². The average Bonchev–Trinajstić information content (AvgIpc) is 2.67. The number of thioether (sulfide) groups is 1. The molecule has 0 aliphatic carbocycles. The second kappa shape index (κ2) is 8.59. The van der Waals surface area contributed by atoms with Crippen molar-refractivity contribution in [3.8, 4) is 5.69 Å². The Hall–Kier alpha value is -2.31. The summed E-state index contributed by atoms with van der Waals surface area (Å²) in [6, 6.07) is 14.4. The van der Waals surface area contributed by atoms with E-state index in [2.05, 4.69) is 10.3 Å². The Morgan fingerprint density at radius 3 is 2.67 bits per heavy atom. The molecule has 0 saturated heterocycles. The summed E-state index contributed by atoms with van der Waals surface area (Å²) in [4.78, 5) is 29.9. The van der Waals surface area contributed by atoms with Crippen molar-refractivity contribution < 1.29 is 4.79 Å². The first-order valence-corrected chi connectivity index (χ1v) is 10.1. The van der Waals surface area contributed by atoms with Crippen molar-refractivity contribution in [1.82, 2.24) is 14.9 Å². The Bertz CT molecular complexity index is 1040. The summed E-state index contributed by atoms with van der Waals surface area (Å²) in [7, 11) is 0. The molecule has 0 fully saturated rings. The van der Waals surface area contributed by atoms with E-state index >= 15 is 0 Å². The topological polar surface area (TPSA) is 64.0 Å². The molecule has 1 aromatic heterocycles. The molecule has 5 nitrogen and oxygen atoms in total. The van der Waals surface area contributed by atoms with Crippen LogP contribution in [0.25, 0.3) is 16.6 Å². The number of nitrogens with one attached hydrogen (secondary N) is 1. The molecule has 0 spiro atoms. The van der Waals surface area contributed by atoms with Gasteiger partial charge in [0.2, 0.25) is 5.91 Å². The van der Waals surface area contributed by atoms with Crippen LogP contribution in [0.4, 0.5) is 0 Å². The summed E-state index contributed by atoms with van der Waals surface area (Å²) >= 11 is 7.55. The van der Waals surface area contributed by atoms with E-state index in [0.717, 1.165) is 6.42 Å². The van der Waals surface area contributed by atoms with Gasteiger partial charge < -0.3 is 5.32 Å². The molecule has 0 saturated carbocycles. The van der Waals surface area contributed by atoms with E-state index in [1.165, 1.54) is 16.3 Å². The number of benzene rings is 2. The van der Waals surface area contributed by atoms with E-state index in [4.69, 9.17) is 11.6 Å². The van der Waals surface area contributed by atoms with Gasteiger partial charge >= 0.3 is 0 Å². The zero-order valence-corrected chi connectivity index (χ0v) is 16.7. The molecule has 3 aromatic rings. The minimum atomic E-state index is -0.210. The first-order valence-electron chi connectivity index (χ1n) is 8.70. The molecule has 0 aliphatic heterocycles. The molecule has 1 atom stereocenters. The molecule has 27 heavy (non-hydrogen) atoms. The highest BCUT2D eigenvalue weighted by molar-refractivity contribution is 7.99. The highest BCUT2D eigenvalue weighted by Gasteiger charge is 2.16. The lowest BCUT2D eigenvalue weighted by Crippen LogP contribution is -2.33. The molecule has 0 aliphatic rings. The molecule has 0 radical (unpaired) electrons. The Labute approximate surface area is 166 Å². The summed E-state index contributed by atoms with van der Waals surface area (Å²) < 4.78 is 1.48. The minimum Gasteiger partial charge on any atom is -0.353 e. The predicted molar refractivity (Wildman–Crippen MR) is 111 cm³/mol. The van der Waals surface area contributed by atoms with Gasteiger partial charge in [-0.15, -0.1) is 0 Å². The average molecular weight is 402 g/mol. The van der Waals surface area contributed by atoms with Crippen LogP contribution < -0.4 is 10.9 Å². The van der Waals surface area contributed by atoms with E-state index in [0.29, 0.717) is 26.8 Å². The van der Waals surface area contributed by atoms with Crippen molar-refractivity contribution in [1.29, 1.82) is 0 Å². The summed E-state index contributed by atoms with van der Waals surface area (Å²) in [5.41, 5.74) is 0.932. The number of para-hydroxylation sites is 2. The van der Waals surface area contributed by atoms with Crippen LogP contribution >= 0.6 is 23.4 Å². The number of fused-ring (bicyclic) bond motifs is 1. The molecule has 140 valence electrons. The maximum atomic E-state index is 13.1. The van der Waals surface area contributed by atoms with Crippen molar-refractivity contribution in [2.45, 2.75) is 31.5 Å². The van der Waals surface area contributed by atoms with Crippen LogP contribution in [0, 0.1) is 0 Å².